The smallest absolute Gasteiger partial charge is 0.0564 e. The topological polar surface area (TPSA) is 6.48 Å². The Balaban J connectivity index is 1.05. The number of rotatable bonds is 7. The van der Waals surface area contributed by atoms with E-state index in [2.05, 4.69) is 271 Å². The molecule has 9 aromatic rings. The zero-order chi connectivity index (χ0) is 50.5. The Kier molecular flexibility index (Phi) is 9.76. The normalized spacial score (nSPS) is 17.2. The second-order valence-corrected chi connectivity index (χ2v) is 24.5. The van der Waals surface area contributed by atoms with Gasteiger partial charge < -0.3 is 9.80 Å². The standard InChI is InChI=1S/C71H61N2P/c1-68(2)57-29-19-18-27-51(57)52-34-32-48(38-59(52)68)73(46-25-16-11-17-26-46)65-40-49(72(45-23-14-10-15-24-45)47-31-33-53-54-35-36-74-43-64(54)71(7,8)60(53)37-47)39-63-67(65)56-42-61-55(41-62(56)70(63,5)6)66-50(44-21-12-9-13-22-44)28-20-30-58(66)69(61,3)4/h9-42,74H,43H2,1-8H3. The molecule has 0 saturated heterocycles. The molecule has 1 unspecified atom stereocenters. The molecule has 4 aliphatic carbocycles. The van der Waals surface area contributed by atoms with Crippen LogP contribution < -0.4 is 9.80 Å². The van der Waals surface area contributed by atoms with Gasteiger partial charge in [0.2, 0.25) is 0 Å². The molecule has 0 aromatic heterocycles. The molecule has 9 aromatic carbocycles. The molecular weight excluding hydrogens is 912 g/mol. The van der Waals surface area contributed by atoms with Gasteiger partial charge >= 0.3 is 0 Å². The molecule has 0 N–H and O–H groups in total. The summed E-state index contributed by atoms with van der Waals surface area (Å²) < 4.78 is 0. The molecule has 0 fully saturated rings. The average molecular weight is 973 g/mol. The zero-order valence-corrected chi connectivity index (χ0v) is 44.7. The first kappa shape index (κ1) is 45.1. The molecule has 360 valence electrons. The van der Waals surface area contributed by atoms with Crippen molar-refractivity contribution in [3.63, 3.8) is 0 Å². The van der Waals surface area contributed by atoms with E-state index < -0.39 is 0 Å². The van der Waals surface area contributed by atoms with Crippen LogP contribution in [0.15, 0.2) is 212 Å². The number of hydrogen-bond acceptors (Lipinski definition) is 2. The first-order chi connectivity index (χ1) is 35.7. The van der Waals surface area contributed by atoms with Gasteiger partial charge in [-0.2, -0.15) is 0 Å². The molecule has 5 aliphatic rings. The molecule has 1 atom stereocenters. The van der Waals surface area contributed by atoms with Gasteiger partial charge in [0.15, 0.2) is 0 Å². The fourth-order valence-electron chi connectivity index (χ4n) is 14.0. The summed E-state index contributed by atoms with van der Waals surface area (Å²) in [5.41, 5.74) is 30.6. The second-order valence-electron chi connectivity index (χ2n) is 23.4. The van der Waals surface area contributed by atoms with Gasteiger partial charge in [0.25, 0.3) is 0 Å². The quantitative estimate of drug-likeness (QED) is 0.147. The van der Waals surface area contributed by atoms with Crippen molar-refractivity contribution in [2.75, 3.05) is 16.0 Å². The van der Waals surface area contributed by atoms with E-state index in [4.69, 9.17) is 0 Å². The molecule has 0 amide bonds. The van der Waals surface area contributed by atoms with Gasteiger partial charge in [-0.25, -0.2) is 0 Å². The minimum atomic E-state index is -0.360. The maximum absolute atomic E-state index is 2.60. The van der Waals surface area contributed by atoms with Crippen LogP contribution in [0.25, 0.3) is 50.1 Å². The summed E-state index contributed by atoms with van der Waals surface area (Å²) in [7, 11) is 0.831. The monoisotopic (exact) mass is 972 g/mol. The molecule has 1 aliphatic heterocycles. The van der Waals surface area contributed by atoms with Crippen LogP contribution in [-0.4, -0.2) is 6.16 Å². The summed E-state index contributed by atoms with van der Waals surface area (Å²) in [5.74, 6) is 2.38. The Morgan fingerprint density at radius 2 is 0.838 bits per heavy atom. The average Bonchev–Trinajstić information content (AvgIpc) is 3.99. The summed E-state index contributed by atoms with van der Waals surface area (Å²) >= 11 is 0. The third-order valence-electron chi connectivity index (χ3n) is 17.9. The summed E-state index contributed by atoms with van der Waals surface area (Å²) in [4.78, 5) is 5.11. The summed E-state index contributed by atoms with van der Waals surface area (Å²) in [5, 5.41) is 0. The lowest BCUT2D eigenvalue weighted by atomic mass is 9.79. The third kappa shape index (κ3) is 6.34. The SMILES string of the molecule is CC1(C)C2=C(C=CPC2)c2ccc(N(c3ccccc3)c3cc(N(c4ccccc4)c4ccc5c(c4)C(C)(C)c4ccccc4-5)c4c(c3)C(C)(C)c3cc5c(cc3-4)C(C)(C)c3cccc(-c4ccccc4)c3-5)cc21. The molecule has 3 heteroatoms. The highest BCUT2D eigenvalue weighted by Gasteiger charge is 2.45. The summed E-state index contributed by atoms with van der Waals surface area (Å²) in [6.07, 6.45) is 3.52. The van der Waals surface area contributed by atoms with Crippen LogP contribution in [0.4, 0.5) is 34.1 Å². The minimum absolute atomic E-state index is 0.0637. The van der Waals surface area contributed by atoms with Gasteiger partial charge in [-0.05, 0) is 174 Å². The van der Waals surface area contributed by atoms with Gasteiger partial charge in [-0.3, -0.25) is 0 Å². The van der Waals surface area contributed by atoms with Gasteiger partial charge in [0.05, 0.1) is 5.69 Å². The van der Waals surface area contributed by atoms with E-state index in [0.717, 1.165) is 37.5 Å². The Hall–Kier alpha value is -7.51. The fraction of sp³-hybridized carbons (Fsp3) is 0.183. The van der Waals surface area contributed by atoms with E-state index in [0.29, 0.717) is 0 Å². The second kappa shape index (κ2) is 16.0. The lowest BCUT2D eigenvalue weighted by molar-refractivity contribution is 0.641. The fourth-order valence-corrected chi connectivity index (χ4v) is 15.2. The van der Waals surface area contributed by atoms with E-state index in [1.807, 2.05) is 0 Å². The number of hydrogen-bond donors (Lipinski definition) is 0. The van der Waals surface area contributed by atoms with Crippen molar-refractivity contribution in [2.24, 2.45) is 0 Å². The molecule has 0 bridgehead atoms. The number of nitrogens with zero attached hydrogens (tertiary/aromatic N) is 2. The number of para-hydroxylation sites is 2. The van der Waals surface area contributed by atoms with Crippen molar-refractivity contribution in [1.82, 2.24) is 0 Å². The van der Waals surface area contributed by atoms with E-state index in [-0.39, 0.29) is 21.7 Å². The van der Waals surface area contributed by atoms with Gasteiger partial charge in [0.1, 0.15) is 0 Å². The number of allylic oxidation sites excluding steroid dienone is 3. The number of benzene rings is 9. The molecule has 0 radical (unpaired) electrons. The Morgan fingerprint density at radius 1 is 0.338 bits per heavy atom. The lowest BCUT2D eigenvalue weighted by Crippen LogP contribution is -2.20. The molecule has 1 heterocycles. The Bertz CT molecular complexity index is 3890. The van der Waals surface area contributed by atoms with E-state index in [1.54, 1.807) is 5.57 Å². The Morgan fingerprint density at radius 3 is 1.54 bits per heavy atom. The minimum Gasteiger partial charge on any atom is -0.310 e. The first-order valence-corrected chi connectivity index (χ1v) is 27.8. The lowest BCUT2D eigenvalue weighted by Gasteiger charge is -2.34. The summed E-state index contributed by atoms with van der Waals surface area (Å²) in [6.45, 7) is 19.5. The van der Waals surface area contributed by atoms with Crippen molar-refractivity contribution >= 4 is 48.3 Å². The molecule has 2 nitrogen and oxygen atoms in total. The van der Waals surface area contributed by atoms with Crippen LogP contribution in [0.5, 0.6) is 0 Å². The van der Waals surface area contributed by atoms with Crippen LogP contribution in [0.1, 0.15) is 99.9 Å². The molecule has 0 saturated carbocycles. The number of fused-ring (bicyclic) bond motifs is 11. The van der Waals surface area contributed by atoms with Crippen LogP contribution in [0.3, 0.4) is 0 Å². The van der Waals surface area contributed by atoms with E-state index in [9.17, 15) is 0 Å². The highest BCUT2D eigenvalue weighted by molar-refractivity contribution is 7.42. The number of anilines is 6. The van der Waals surface area contributed by atoms with Gasteiger partial charge in [-0.15, -0.1) is 0 Å². The Labute approximate surface area is 439 Å². The zero-order valence-electron chi connectivity index (χ0n) is 43.7. The molecule has 0 spiro atoms. The van der Waals surface area contributed by atoms with Crippen molar-refractivity contribution in [3.05, 3.63) is 256 Å². The highest BCUT2D eigenvalue weighted by Crippen LogP contribution is 2.62. The molecule has 74 heavy (non-hydrogen) atoms. The van der Waals surface area contributed by atoms with E-state index in [1.165, 1.54) is 106 Å². The highest BCUT2D eigenvalue weighted by atomic mass is 31.1. The van der Waals surface area contributed by atoms with Crippen LogP contribution >= 0.6 is 8.58 Å². The maximum atomic E-state index is 2.60. The summed E-state index contributed by atoms with van der Waals surface area (Å²) in [6, 6.07) is 73.9. The van der Waals surface area contributed by atoms with Gasteiger partial charge in [-0.1, -0.05) is 197 Å². The molecule has 14 rings (SSSR count). The van der Waals surface area contributed by atoms with Crippen molar-refractivity contribution in [2.45, 2.75) is 77.0 Å². The van der Waals surface area contributed by atoms with Crippen molar-refractivity contribution in [1.29, 1.82) is 0 Å². The van der Waals surface area contributed by atoms with Gasteiger partial charge in [0, 0.05) is 55.7 Å². The first-order valence-electron chi connectivity index (χ1n) is 26.5. The van der Waals surface area contributed by atoms with E-state index >= 15 is 0 Å². The third-order valence-corrected chi connectivity index (χ3v) is 18.9. The maximum Gasteiger partial charge on any atom is 0.0564 e. The predicted molar refractivity (Wildman–Crippen MR) is 316 cm³/mol. The predicted octanol–water partition coefficient (Wildman–Crippen LogP) is 19.5. The van der Waals surface area contributed by atoms with Crippen molar-refractivity contribution < 1.29 is 0 Å². The van der Waals surface area contributed by atoms with Crippen molar-refractivity contribution in [3.8, 4) is 44.5 Å². The van der Waals surface area contributed by atoms with Crippen LogP contribution in [-0.2, 0) is 21.7 Å². The van der Waals surface area contributed by atoms with Crippen LogP contribution in [0, 0.1) is 0 Å². The molecular formula is C71H61N2P. The largest absolute Gasteiger partial charge is 0.310 e. The van der Waals surface area contributed by atoms with Crippen LogP contribution in [0.2, 0.25) is 0 Å².